The van der Waals surface area contributed by atoms with Crippen LogP contribution < -0.4 is 21.7 Å². The van der Waals surface area contributed by atoms with E-state index in [9.17, 15) is 4.79 Å². The fourth-order valence-electron chi connectivity index (χ4n) is 6.97. The van der Waals surface area contributed by atoms with Crippen molar-refractivity contribution in [2.45, 2.75) is 88.4 Å². The standard InChI is InChI=1S/C34H43N9O2/c35-24-14-16-25(17-15-24)38-33-40-31(30-32(41-33)43(22-36-30)27-10-4-5-11-27)37-26-18-20-42(21-19-26)45-34(44)39-29-13-7-6-12-28(29)23-8-2-1-3-9-23/h1-3,6-9,12-13,22,24-27H,4-5,10-11,14-21,35H2,(H,39,44)(H2,37,38,40,41)/t24-,25-. The lowest BCUT2D eigenvalue weighted by Crippen LogP contribution is -2.41. The minimum absolute atomic E-state index is 0.168. The van der Waals surface area contributed by atoms with Crippen molar-refractivity contribution in [3.63, 3.8) is 0 Å². The summed E-state index contributed by atoms with van der Waals surface area (Å²) >= 11 is 0. The molecule has 0 unspecified atom stereocenters. The summed E-state index contributed by atoms with van der Waals surface area (Å²) in [7, 11) is 0. The van der Waals surface area contributed by atoms with Gasteiger partial charge in [-0.25, -0.2) is 9.78 Å². The molecule has 2 saturated carbocycles. The molecule has 11 heteroatoms. The highest BCUT2D eigenvalue weighted by atomic mass is 16.7. The molecule has 1 aliphatic heterocycles. The average molecular weight is 610 g/mol. The molecular weight excluding hydrogens is 566 g/mol. The summed E-state index contributed by atoms with van der Waals surface area (Å²) in [5.41, 5.74) is 10.6. The van der Waals surface area contributed by atoms with E-state index >= 15 is 0 Å². The van der Waals surface area contributed by atoms with E-state index in [4.69, 9.17) is 25.5 Å². The van der Waals surface area contributed by atoms with Crippen LogP contribution in [0.5, 0.6) is 0 Å². The lowest BCUT2D eigenvalue weighted by molar-refractivity contribution is -0.106. The third-order valence-electron chi connectivity index (χ3n) is 9.50. The molecule has 11 nitrogen and oxygen atoms in total. The molecule has 1 amide bonds. The van der Waals surface area contributed by atoms with Crippen molar-refractivity contribution in [3.8, 4) is 11.1 Å². The molecule has 0 bridgehead atoms. The molecule has 3 fully saturated rings. The summed E-state index contributed by atoms with van der Waals surface area (Å²) in [6, 6.07) is 19.0. The topological polar surface area (TPSA) is 135 Å². The molecule has 5 N–H and O–H groups in total. The first-order valence-corrected chi connectivity index (χ1v) is 16.5. The Kier molecular flexibility index (Phi) is 8.79. The number of hydrogen-bond donors (Lipinski definition) is 4. The normalized spacial score (nSPS) is 21.5. The molecule has 236 valence electrons. The Morgan fingerprint density at radius 2 is 1.53 bits per heavy atom. The first kappa shape index (κ1) is 29.5. The van der Waals surface area contributed by atoms with Crippen LogP contribution in [0.15, 0.2) is 60.9 Å². The highest BCUT2D eigenvalue weighted by Gasteiger charge is 2.27. The fourth-order valence-corrected chi connectivity index (χ4v) is 6.97. The molecule has 2 aliphatic carbocycles. The van der Waals surface area contributed by atoms with Crippen LogP contribution >= 0.6 is 0 Å². The second-order valence-electron chi connectivity index (χ2n) is 12.7. The second-order valence-corrected chi connectivity index (χ2v) is 12.7. The maximum atomic E-state index is 12.9. The van der Waals surface area contributed by atoms with Crippen molar-refractivity contribution < 1.29 is 9.63 Å². The molecule has 7 rings (SSSR count). The van der Waals surface area contributed by atoms with Crippen LogP contribution in [0.2, 0.25) is 0 Å². The molecule has 45 heavy (non-hydrogen) atoms. The van der Waals surface area contributed by atoms with Gasteiger partial charge in [-0.3, -0.25) is 5.32 Å². The van der Waals surface area contributed by atoms with Crippen LogP contribution in [-0.4, -0.2) is 61.9 Å². The molecule has 3 aliphatic rings. The van der Waals surface area contributed by atoms with Crippen molar-refractivity contribution in [2.24, 2.45) is 5.73 Å². The van der Waals surface area contributed by atoms with Gasteiger partial charge in [-0.05, 0) is 63.0 Å². The van der Waals surface area contributed by atoms with Gasteiger partial charge >= 0.3 is 6.09 Å². The van der Waals surface area contributed by atoms with Crippen molar-refractivity contribution in [1.82, 2.24) is 24.6 Å². The summed E-state index contributed by atoms with van der Waals surface area (Å²) in [5.74, 6) is 1.42. The molecule has 0 atom stereocenters. The van der Waals surface area contributed by atoms with Gasteiger partial charge in [-0.2, -0.15) is 9.97 Å². The number of piperidine rings is 1. The number of amides is 1. The highest BCUT2D eigenvalue weighted by molar-refractivity contribution is 5.91. The first-order valence-electron chi connectivity index (χ1n) is 16.5. The average Bonchev–Trinajstić information content (AvgIpc) is 3.74. The molecule has 2 aromatic carbocycles. The second kappa shape index (κ2) is 13.4. The zero-order valence-corrected chi connectivity index (χ0v) is 25.7. The number of nitrogens with one attached hydrogen (secondary N) is 3. The molecule has 2 aromatic heterocycles. The smallest absolute Gasteiger partial charge is 0.365 e. The van der Waals surface area contributed by atoms with E-state index in [0.717, 1.165) is 85.2 Å². The van der Waals surface area contributed by atoms with Crippen LogP contribution in [0.4, 0.5) is 22.2 Å². The number of rotatable bonds is 8. The van der Waals surface area contributed by atoms with E-state index in [1.165, 1.54) is 12.8 Å². The summed E-state index contributed by atoms with van der Waals surface area (Å²) in [4.78, 5) is 33.3. The Balaban J connectivity index is 1.00. The van der Waals surface area contributed by atoms with Gasteiger partial charge in [0.2, 0.25) is 5.95 Å². The molecular formula is C34H43N9O2. The van der Waals surface area contributed by atoms with Crippen molar-refractivity contribution in [2.75, 3.05) is 29.0 Å². The van der Waals surface area contributed by atoms with Crippen molar-refractivity contribution in [3.05, 3.63) is 60.9 Å². The first-order chi connectivity index (χ1) is 22.1. The van der Waals surface area contributed by atoms with Gasteiger partial charge in [0.25, 0.3) is 0 Å². The quantitative estimate of drug-likeness (QED) is 0.181. The molecule has 1 saturated heterocycles. The number of carbonyl (C=O) groups is 1. The van der Waals surface area contributed by atoms with Crippen LogP contribution in [0, 0.1) is 0 Å². The van der Waals surface area contributed by atoms with Gasteiger partial charge in [0.05, 0.1) is 12.0 Å². The summed E-state index contributed by atoms with van der Waals surface area (Å²) < 4.78 is 2.25. The Labute approximate surface area is 263 Å². The lowest BCUT2D eigenvalue weighted by atomic mass is 9.92. The third kappa shape index (κ3) is 6.89. The molecule has 0 radical (unpaired) electrons. The number of imidazole rings is 1. The number of nitrogens with two attached hydrogens (primary N) is 1. The lowest BCUT2D eigenvalue weighted by Gasteiger charge is -2.31. The van der Waals surface area contributed by atoms with Crippen molar-refractivity contribution in [1.29, 1.82) is 0 Å². The molecule has 4 aromatic rings. The largest absolute Gasteiger partial charge is 0.430 e. The van der Waals surface area contributed by atoms with Crippen molar-refractivity contribution >= 4 is 34.7 Å². The van der Waals surface area contributed by atoms with E-state index in [1.807, 2.05) is 60.9 Å². The number of hydroxylamine groups is 2. The number of nitrogens with zero attached hydrogens (tertiary/aromatic N) is 5. The van der Waals surface area contributed by atoms with E-state index in [-0.39, 0.29) is 6.04 Å². The molecule has 3 heterocycles. The number of anilines is 3. The molecule has 0 spiro atoms. The number of benzene rings is 2. The van der Waals surface area contributed by atoms with Crippen LogP contribution in [0.3, 0.4) is 0 Å². The third-order valence-corrected chi connectivity index (χ3v) is 9.50. The zero-order chi connectivity index (χ0) is 30.6. The van der Waals surface area contributed by atoms with Gasteiger partial charge in [0, 0.05) is 42.8 Å². The Morgan fingerprint density at radius 1 is 0.822 bits per heavy atom. The van der Waals surface area contributed by atoms with Crippen LogP contribution in [-0.2, 0) is 4.84 Å². The predicted octanol–water partition coefficient (Wildman–Crippen LogP) is 6.33. The summed E-state index contributed by atoms with van der Waals surface area (Å²) in [6.45, 7) is 1.23. The van der Waals surface area contributed by atoms with Gasteiger partial charge in [-0.15, -0.1) is 5.06 Å². The zero-order valence-electron chi connectivity index (χ0n) is 25.7. The minimum atomic E-state index is -0.487. The van der Waals surface area contributed by atoms with Crippen LogP contribution in [0.25, 0.3) is 22.3 Å². The Morgan fingerprint density at radius 3 is 2.31 bits per heavy atom. The summed E-state index contributed by atoms with van der Waals surface area (Å²) in [5, 5.41) is 12.0. The van der Waals surface area contributed by atoms with Gasteiger partial charge in [0.1, 0.15) is 0 Å². The number of hydrogen-bond acceptors (Lipinski definition) is 9. The van der Waals surface area contributed by atoms with Gasteiger partial charge in [-0.1, -0.05) is 61.4 Å². The SMILES string of the molecule is N[C@H]1CC[C@H](Nc2nc(NC3CCN(OC(=O)Nc4ccccc4-c4ccccc4)CC3)c3ncn(C4CCCC4)c3n2)CC1. The van der Waals surface area contributed by atoms with Gasteiger partial charge in [0.15, 0.2) is 17.0 Å². The van der Waals surface area contributed by atoms with E-state index < -0.39 is 6.09 Å². The summed E-state index contributed by atoms with van der Waals surface area (Å²) in [6.07, 6.45) is 11.9. The number of carbonyl (C=O) groups excluding carboxylic acids is 1. The Bertz CT molecular complexity index is 1590. The monoisotopic (exact) mass is 609 g/mol. The maximum Gasteiger partial charge on any atom is 0.430 e. The number of aromatic nitrogens is 4. The van der Waals surface area contributed by atoms with Crippen LogP contribution in [0.1, 0.15) is 70.3 Å². The predicted molar refractivity (Wildman–Crippen MR) is 177 cm³/mol. The minimum Gasteiger partial charge on any atom is -0.365 e. The van der Waals surface area contributed by atoms with Gasteiger partial charge < -0.3 is 25.8 Å². The number of para-hydroxylation sites is 1. The Hall–Kier alpha value is -4.22. The van der Waals surface area contributed by atoms with E-state index in [2.05, 4.69) is 20.5 Å². The fraction of sp³-hybridized carbons (Fsp3) is 0.471. The van der Waals surface area contributed by atoms with E-state index in [1.54, 1.807) is 5.06 Å². The highest BCUT2D eigenvalue weighted by Crippen LogP contribution is 2.34. The van der Waals surface area contributed by atoms with E-state index in [0.29, 0.717) is 37.2 Å². The number of fused-ring (bicyclic) bond motifs is 1. The maximum absolute atomic E-state index is 12.9.